The van der Waals surface area contributed by atoms with Gasteiger partial charge in [0, 0.05) is 19.6 Å². The summed E-state index contributed by atoms with van der Waals surface area (Å²) in [5.74, 6) is 0.215. The molecule has 2 aliphatic heterocycles. The fourth-order valence-electron chi connectivity index (χ4n) is 4.17. The van der Waals surface area contributed by atoms with Crippen LogP contribution in [-0.2, 0) is 14.8 Å². The van der Waals surface area contributed by atoms with Gasteiger partial charge in [0.2, 0.25) is 10.0 Å². The maximum Gasteiger partial charge on any atom is 0.338 e. The zero-order chi connectivity index (χ0) is 19.6. The molecule has 0 aliphatic carbocycles. The van der Waals surface area contributed by atoms with Gasteiger partial charge in [0.05, 0.1) is 10.5 Å². The molecule has 0 radical (unpaired) electrons. The minimum Gasteiger partial charge on any atom is -0.457 e. The Morgan fingerprint density at radius 1 is 1.15 bits per heavy atom. The molecule has 7 heteroatoms. The van der Waals surface area contributed by atoms with Crippen molar-refractivity contribution in [2.75, 3.05) is 33.2 Å². The van der Waals surface area contributed by atoms with E-state index >= 15 is 0 Å². The molecule has 2 aliphatic rings. The van der Waals surface area contributed by atoms with Gasteiger partial charge in [0.1, 0.15) is 6.10 Å². The first-order chi connectivity index (χ1) is 12.8. The summed E-state index contributed by atoms with van der Waals surface area (Å²) in [7, 11) is -1.60. The number of likely N-dealkylation sites (N-methyl/N-ethyl adjacent to an activating group) is 1. The lowest BCUT2D eigenvalue weighted by molar-refractivity contribution is 0.0108. The van der Waals surface area contributed by atoms with E-state index in [1.54, 1.807) is 22.5 Å². The van der Waals surface area contributed by atoms with E-state index in [1.165, 1.54) is 6.07 Å². The van der Waals surface area contributed by atoms with E-state index < -0.39 is 16.0 Å². The Hall–Kier alpha value is -1.44. The van der Waals surface area contributed by atoms with Crippen LogP contribution in [-0.4, -0.2) is 62.9 Å². The molecule has 0 N–H and O–H groups in total. The van der Waals surface area contributed by atoms with E-state index in [0.29, 0.717) is 37.0 Å². The molecule has 3 rings (SSSR count). The number of hydrogen-bond acceptors (Lipinski definition) is 5. The Labute approximate surface area is 162 Å². The second-order valence-electron chi connectivity index (χ2n) is 8.23. The summed E-state index contributed by atoms with van der Waals surface area (Å²) in [4.78, 5) is 14.8. The molecule has 27 heavy (non-hydrogen) atoms. The van der Waals surface area contributed by atoms with Crippen molar-refractivity contribution in [1.29, 1.82) is 0 Å². The number of benzene rings is 1. The van der Waals surface area contributed by atoms with Crippen LogP contribution in [0.25, 0.3) is 0 Å². The van der Waals surface area contributed by atoms with Crippen LogP contribution in [0.15, 0.2) is 29.2 Å². The van der Waals surface area contributed by atoms with Crippen LogP contribution in [0.3, 0.4) is 0 Å². The van der Waals surface area contributed by atoms with Gasteiger partial charge in [-0.25, -0.2) is 13.2 Å². The van der Waals surface area contributed by atoms with Crippen molar-refractivity contribution >= 4 is 16.0 Å². The number of nitrogens with zero attached hydrogens (tertiary/aromatic N) is 2. The van der Waals surface area contributed by atoms with Crippen molar-refractivity contribution in [2.45, 2.75) is 44.1 Å². The SMILES string of the molecule is C[C@@H]1C[C@@H](C)CN(S(=O)(=O)c2cccc(C(=O)O[C@@H]3CCCN(C)C3)c2)C1. The highest BCUT2D eigenvalue weighted by Crippen LogP contribution is 2.27. The second kappa shape index (κ2) is 8.29. The highest BCUT2D eigenvalue weighted by atomic mass is 32.2. The van der Waals surface area contributed by atoms with Crippen molar-refractivity contribution in [3.63, 3.8) is 0 Å². The summed E-state index contributed by atoms with van der Waals surface area (Å²) in [5, 5.41) is 0. The number of hydrogen-bond donors (Lipinski definition) is 0. The van der Waals surface area contributed by atoms with Crippen molar-refractivity contribution in [3.05, 3.63) is 29.8 Å². The number of rotatable bonds is 4. The predicted molar refractivity (Wildman–Crippen MR) is 104 cm³/mol. The number of carbonyl (C=O) groups is 1. The summed E-state index contributed by atoms with van der Waals surface area (Å²) in [6, 6.07) is 6.25. The zero-order valence-electron chi connectivity index (χ0n) is 16.4. The third kappa shape index (κ3) is 4.89. The van der Waals surface area contributed by atoms with Gasteiger partial charge in [-0.2, -0.15) is 4.31 Å². The summed E-state index contributed by atoms with van der Waals surface area (Å²) in [6.45, 7) is 6.92. The van der Waals surface area contributed by atoms with E-state index in [-0.39, 0.29) is 11.0 Å². The number of likely N-dealkylation sites (tertiary alicyclic amines) is 1. The van der Waals surface area contributed by atoms with Gasteiger partial charge < -0.3 is 9.64 Å². The van der Waals surface area contributed by atoms with Gasteiger partial charge in [0.15, 0.2) is 0 Å². The van der Waals surface area contributed by atoms with E-state index in [9.17, 15) is 13.2 Å². The average Bonchev–Trinajstić information content (AvgIpc) is 2.61. The lowest BCUT2D eigenvalue weighted by Crippen LogP contribution is -2.42. The monoisotopic (exact) mass is 394 g/mol. The Balaban J connectivity index is 1.75. The molecular weight excluding hydrogens is 364 g/mol. The molecule has 0 unspecified atom stereocenters. The smallest absolute Gasteiger partial charge is 0.338 e. The number of piperidine rings is 2. The Bertz CT molecular complexity index is 770. The van der Waals surface area contributed by atoms with Crippen LogP contribution in [0.2, 0.25) is 0 Å². The Morgan fingerprint density at radius 2 is 1.85 bits per heavy atom. The van der Waals surface area contributed by atoms with Gasteiger partial charge in [0.25, 0.3) is 0 Å². The van der Waals surface area contributed by atoms with Crippen molar-refractivity contribution < 1.29 is 17.9 Å². The largest absolute Gasteiger partial charge is 0.457 e. The highest BCUT2D eigenvalue weighted by Gasteiger charge is 2.32. The maximum atomic E-state index is 13.1. The lowest BCUT2D eigenvalue weighted by atomic mass is 9.94. The van der Waals surface area contributed by atoms with E-state index in [1.807, 2.05) is 7.05 Å². The van der Waals surface area contributed by atoms with Crippen LogP contribution < -0.4 is 0 Å². The minimum absolute atomic E-state index is 0.139. The first-order valence-corrected chi connectivity index (χ1v) is 11.2. The van der Waals surface area contributed by atoms with Crippen molar-refractivity contribution in [2.24, 2.45) is 11.8 Å². The van der Waals surface area contributed by atoms with Gasteiger partial charge in [-0.3, -0.25) is 0 Å². The van der Waals surface area contributed by atoms with E-state index in [0.717, 1.165) is 25.8 Å². The number of sulfonamides is 1. The predicted octanol–water partition coefficient (Wildman–Crippen LogP) is 2.60. The molecule has 6 nitrogen and oxygen atoms in total. The highest BCUT2D eigenvalue weighted by molar-refractivity contribution is 7.89. The first-order valence-electron chi connectivity index (χ1n) is 9.75. The van der Waals surface area contributed by atoms with Gasteiger partial charge in [-0.1, -0.05) is 19.9 Å². The summed E-state index contributed by atoms with van der Waals surface area (Å²) in [5.41, 5.74) is 0.294. The van der Waals surface area contributed by atoms with Gasteiger partial charge in [-0.05, 0) is 62.9 Å². The Kier molecular flexibility index (Phi) is 6.23. The molecule has 2 fully saturated rings. The first kappa shape index (κ1) is 20.3. The van der Waals surface area contributed by atoms with Crippen LogP contribution >= 0.6 is 0 Å². The van der Waals surface area contributed by atoms with Crippen molar-refractivity contribution in [3.8, 4) is 0 Å². The lowest BCUT2D eigenvalue weighted by Gasteiger charge is -2.34. The van der Waals surface area contributed by atoms with Crippen LogP contribution in [0, 0.1) is 11.8 Å². The standard InChI is InChI=1S/C20H30N2O4S/c1-15-10-16(2)13-22(12-15)27(24,25)19-8-4-6-17(11-19)20(23)26-18-7-5-9-21(3)14-18/h4,6,8,11,15-16,18H,5,7,9-10,12-14H2,1-3H3/t15-,16-,18-/m1/s1. The van der Waals surface area contributed by atoms with Crippen LogP contribution in [0.4, 0.5) is 0 Å². The molecule has 0 bridgehead atoms. The topological polar surface area (TPSA) is 66.9 Å². The van der Waals surface area contributed by atoms with E-state index in [4.69, 9.17) is 4.74 Å². The Morgan fingerprint density at radius 3 is 2.52 bits per heavy atom. The number of esters is 1. The summed E-state index contributed by atoms with van der Waals surface area (Å²) >= 11 is 0. The molecule has 2 heterocycles. The molecule has 0 amide bonds. The minimum atomic E-state index is -3.61. The molecule has 2 saturated heterocycles. The molecule has 0 aromatic heterocycles. The third-order valence-corrected chi connectivity index (χ3v) is 7.23. The van der Waals surface area contributed by atoms with E-state index in [2.05, 4.69) is 18.7 Å². The molecule has 150 valence electrons. The maximum absolute atomic E-state index is 13.1. The fourth-order valence-corrected chi connectivity index (χ4v) is 5.90. The van der Waals surface area contributed by atoms with Crippen LogP contribution in [0.5, 0.6) is 0 Å². The summed E-state index contributed by atoms with van der Waals surface area (Å²) in [6.07, 6.45) is 2.74. The average molecular weight is 395 g/mol. The molecule has 0 saturated carbocycles. The van der Waals surface area contributed by atoms with Gasteiger partial charge in [-0.15, -0.1) is 0 Å². The number of carbonyl (C=O) groups excluding carboxylic acids is 1. The summed E-state index contributed by atoms with van der Waals surface area (Å²) < 4.78 is 33.3. The normalized spacial score (nSPS) is 28.0. The number of ether oxygens (including phenoxy) is 1. The van der Waals surface area contributed by atoms with Gasteiger partial charge >= 0.3 is 5.97 Å². The molecule has 0 spiro atoms. The van der Waals surface area contributed by atoms with Crippen LogP contribution in [0.1, 0.15) is 43.5 Å². The third-order valence-electron chi connectivity index (χ3n) is 5.40. The quantitative estimate of drug-likeness (QED) is 0.735. The molecule has 3 atom stereocenters. The zero-order valence-corrected chi connectivity index (χ0v) is 17.2. The molecule has 1 aromatic rings. The molecule has 1 aromatic carbocycles. The fraction of sp³-hybridized carbons (Fsp3) is 0.650. The molecular formula is C20H30N2O4S. The second-order valence-corrected chi connectivity index (χ2v) is 10.2. The van der Waals surface area contributed by atoms with Crippen molar-refractivity contribution in [1.82, 2.24) is 9.21 Å².